The molecule has 2 heteroatoms. The van der Waals surface area contributed by atoms with Gasteiger partial charge in [0.15, 0.2) is 0 Å². The third-order valence-electron chi connectivity index (χ3n) is 5.29. The van der Waals surface area contributed by atoms with E-state index >= 15 is 0 Å². The maximum absolute atomic E-state index is 3.60. The molecule has 0 aliphatic rings. The molecule has 0 bridgehead atoms. The van der Waals surface area contributed by atoms with Gasteiger partial charge in [-0.2, -0.15) is 0 Å². The van der Waals surface area contributed by atoms with Gasteiger partial charge in [0, 0.05) is 21.5 Å². The topological polar surface area (TPSA) is 3.24 Å². The van der Waals surface area contributed by atoms with Gasteiger partial charge in [-0.3, -0.25) is 0 Å². The van der Waals surface area contributed by atoms with Crippen LogP contribution in [-0.2, 0) is 0 Å². The van der Waals surface area contributed by atoms with Crippen molar-refractivity contribution in [1.82, 2.24) is 0 Å². The molecule has 5 rings (SSSR count). The van der Waals surface area contributed by atoms with E-state index in [1.807, 2.05) is 6.07 Å². The molecule has 0 heterocycles. The lowest BCUT2D eigenvalue weighted by atomic mass is 10.0. The van der Waals surface area contributed by atoms with Crippen molar-refractivity contribution in [2.75, 3.05) is 4.90 Å². The van der Waals surface area contributed by atoms with Gasteiger partial charge in [-0.25, -0.2) is 0 Å². The van der Waals surface area contributed by atoms with Crippen LogP contribution in [0, 0.1) is 0 Å². The van der Waals surface area contributed by atoms with E-state index in [2.05, 4.69) is 136 Å². The average molecular weight is 450 g/mol. The Balaban J connectivity index is 1.61. The van der Waals surface area contributed by atoms with Crippen LogP contribution in [0.4, 0.5) is 17.1 Å². The van der Waals surface area contributed by atoms with Crippen LogP contribution in [-0.4, -0.2) is 0 Å². The molecule has 0 saturated carbocycles. The smallest absolute Gasteiger partial charge is 0.0468 e. The molecular formula is C28H20BrN. The van der Waals surface area contributed by atoms with E-state index in [0.717, 1.165) is 21.5 Å². The first-order valence-corrected chi connectivity index (χ1v) is 10.8. The van der Waals surface area contributed by atoms with Crippen LogP contribution in [0.3, 0.4) is 0 Å². The number of hydrogen-bond donors (Lipinski definition) is 0. The SMILES string of the molecule is Brc1ccc2ccc(N(c3ccccc3)c3ccc(-c4ccccc4)cc3)cc2c1. The van der Waals surface area contributed by atoms with E-state index in [4.69, 9.17) is 0 Å². The standard InChI is InChI=1S/C28H20BrN/c29-25-15-11-23-14-18-28(20-24(23)19-25)30(26-9-5-2-6-10-26)27-16-12-22(13-17-27)21-7-3-1-4-8-21/h1-20H. The number of nitrogens with zero attached hydrogens (tertiary/aromatic N) is 1. The fraction of sp³-hybridized carbons (Fsp3) is 0. The Hall–Kier alpha value is -3.36. The van der Waals surface area contributed by atoms with Crippen molar-refractivity contribution in [3.05, 3.63) is 126 Å². The highest BCUT2D eigenvalue weighted by molar-refractivity contribution is 9.10. The Morgan fingerprint density at radius 1 is 0.433 bits per heavy atom. The van der Waals surface area contributed by atoms with Gasteiger partial charge >= 0.3 is 0 Å². The molecule has 0 aromatic heterocycles. The summed E-state index contributed by atoms with van der Waals surface area (Å²) >= 11 is 3.60. The highest BCUT2D eigenvalue weighted by atomic mass is 79.9. The fourth-order valence-electron chi connectivity index (χ4n) is 3.80. The Kier molecular flexibility index (Phi) is 5.08. The van der Waals surface area contributed by atoms with Gasteiger partial charge in [0.05, 0.1) is 0 Å². The molecule has 1 nitrogen and oxygen atoms in total. The van der Waals surface area contributed by atoms with Crippen molar-refractivity contribution >= 4 is 43.8 Å². The largest absolute Gasteiger partial charge is 0.310 e. The Morgan fingerprint density at radius 2 is 1.00 bits per heavy atom. The van der Waals surface area contributed by atoms with Gasteiger partial charge in [-0.15, -0.1) is 0 Å². The third-order valence-corrected chi connectivity index (χ3v) is 5.78. The first-order valence-electron chi connectivity index (χ1n) is 9.98. The molecule has 30 heavy (non-hydrogen) atoms. The second-order valence-corrected chi connectivity index (χ2v) is 8.18. The molecule has 5 aromatic carbocycles. The Labute approximate surface area is 185 Å². The van der Waals surface area contributed by atoms with Crippen LogP contribution in [0.25, 0.3) is 21.9 Å². The van der Waals surface area contributed by atoms with Crippen molar-refractivity contribution in [2.45, 2.75) is 0 Å². The molecule has 0 radical (unpaired) electrons. The quantitative estimate of drug-likeness (QED) is 0.265. The number of anilines is 3. The summed E-state index contributed by atoms with van der Waals surface area (Å²) in [5.74, 6) is 0. The highest BCUT2D eigenvalue weighted by Gasteiger charge is 2.13. The molecule has 0 N–H and O–H groups in total. The van der Waals surface area contributed by atoms with Crippen LogP contribution < -0.4 is 4.90 Å². The summed E-state index contributed by atoms with van der Waals surface area (Å²) in [4.78, 5) is 2.30. The van der Waals surface area contributed by atoms with Crippen molar-refractivity contribution in [2.24, 2.45) is 0 Å². The molecular weight excluding hydrogens is 430 g/mol. The molecule has 0 aliphatic heterocycles. The summed E-state index contributed by atoms with van der Waals surface area (Å²) in [6.45, 7) is 0. The van der Waals surface area contributed by atoms with Crippen LogP contribution in [0.2, 0.25) is 0 Å². The lowest BCUT2D eigenvalue weighted by Crippen LogP contribution is -2.09. The first kappa shape index (κ1) is 18.7. The number of rotatable bonds is 4. The molecule has 0 atom stereocenters. The van der Waals surface area contributed by atoms with Crippen LogP contribution in [0.1, 0.15) is 0 Å². The maximum atomic E-state index is 3.60. The van der Waals surface area contributed by atoms with Crippen LogP contribution in [0.5, 0.6) is 0 Å². The zero-order chi connectivity index (χ0) is 20.3. The number of benzene rings is 5. The summed E-state index contributed by atoms with van der Waals surface area (Å²) in [6, 6.07) is 42.8. The van der Waals surface area contributed by atoms with Crippen molar-refractivity contribution in [3.63, 3.8) is 0 Å². The summed E-state index contributed by atoms with van der Waals surface area (Å²) in [7, 11) is 0. The lowest BCUT2D eigenvalue weighted by Gasteiger charge is -2.26. The van der Waals surface area contributed by atoms with E-state index in [9.17, 15) is 0 Å². The summed E-state index contributed by atoms with van der Waals surface area (Å²) in [5, 5.41) is 2.44. The zero-order valence-electron chi connectivity index (χ0n) is 16.4. The number of fused-ring (bicyclic) bond motifs is 1. The maximum Gasteiger partial charge on any atom is 0.0468 e. The average Bonchev–Trinajstić information content (AvgIpc) is 2.81. The van der Waals surface area contributed by atoms with E-state index in [1.54, 1.807) is 0 Å². The summed E-state index contributed by atoms with van der Waals surface area (Å²) in [5.41, 5.74) is 5.86. The van der Waals surface area contributed by atoms with Crippen molar-refractivity contribution < 1.29 is 0 Å². The molecule has 0 aliphatic carbocycles. The summed E-state index contributed by atoms with van der Waals surface area (Å²) in [6.07, 6.45) is 0. The number of para-hydroxylation sites is 1. The van der Waals surface area contributed by atoms with Gasteiger partial charge in [-0.05, 0) is 70.4 Å². The minimum atomic E-state index is 1.09. The Bertz CT molecular complexity index is 1280. The zero-order valence-corrected chi connectivity index (χ0v) is 18.0. The van der Waals surface area contributed by atoms with Crippen LogP contribution in [0.15, 0.2) is 126 Å². The predicted octanol–water partition coefficient (Wildman–Crippen LogP) is 8.74. The molecule has 0 unspecified atom stereocenters. The third kappa shape index (κ3) is 3.74. The monoisotopic (exact) mass is 449 g/mol. The molecule has 0 fully saturated rings. The molecule has 0 amide bonds. The van der Waals surface area contributed by atoms with Crippen molar-refractivity contribution in [3.8, 4) is 11.1 Å². The molecule has 144 valence electrons. The highest BCUT2D eigenvalue weighted by Crippen LogP contribution is 2.37. The van der Waals surface area contributed by atoms with E-state index in [0.29, 0.717) is 0 Å². The van der Waals surface area contributed by atoms with Crippen molar-refractivity contribution in [1.29, 1.82) is 0 Å². The number of halogens is 1. The normalized spacial score (nSPS) is 10.8. The second-order valence-electron chi connectivity index (χ2n) is 7.26. The van der Waals surface area contributed by atoms with Gasteiger partial charge < -0.3 is 4.90 Å². The molecule has 0 saturated heterocycles. The van der Waals surface area contributed by atoms with Crippen LogP contribution >= 0.6 is 15.9 Å². The first-order chi connectivity index (χ1) is 14.8. The van der Waals surface area contributed by atoms with Gasteiger partial charge in [-0.1, -0.05) is 88.7 Å². The summed E-state index contributed by atoms with van der Waals surface area (Å²) < 4.78 is 1.09. The van der Waals surface area contributed by atoms with Gasteiger partial charge in [0.25, 0.3) is 0 Å². The molecule has 0 spiro atoms. The van der Waals surface area contributed by atoms with E-state index in [-0.39, 0.29) is 0 Å². The van der Waals surface area contributed by atoms with Gasteiger partial charge in [0.1, 0.15) is 0 Å². The minimum absolute atomic E-state index is 1.09. The second kappa shape index (κ2) is 8.17. The van der Waals surface area contributed by atoms with E-state index in [1.165, 1.54) is 21.9 Å². The van der Waals surface area contributed by atoms with E-state index < -0.39 is 0 Å². The minimum Gasteiger partial charge on any atom is -0.310 e. The van der Waals surface area contributed by atoms with Gasteiger partial charge in [0.2, 0.25) is 0 Å². The lowest BCUT2D eigenvalue weighted by molar-refractivity contribution is 1.29. The molecule has 5 aromatic rings. The Morgan fingerprint density at radius 3 is 1.73 bits per heavy atom. The number of hydrogen-bond acceptors (Lipinski definition) is 1. The predicted molar refractivity (Wildman–Crippen MR) is 132 cm³/mol. The fourth-order valence-corrected chi connectivity index (χ4v) is 4.18.